The van der Waals surface area contributed by atoms with Crippen LogP contribution in [0.25, 0.3) is 10.9 Å². The van der Waals surface area contributed by atoms with E-state index in [1.807, 2.05) is 43.3 Å². The number of aryl methyl sites for hydroxylation is 1. The highest BCUT2D eigenvalue weighted by atomic mass is 32.2. The Morgan fingerprint density at radius 2 is 1.60 bits per heavy atom. The lowest BCUT2D eigenvalue weighted by molar-refractivity contribution is -0.274. The number of alkyl halides is 3. The average molecular weight is 573 g/mol. The van der Waals surface area contributed by atoms with Crippen molar-refractivity contribution in [2.75, 3.05) is 0 Å². The van der Waals surface area contributed by atoms with Gasteiger partial charge in [-0.2, -0.15) is 5.10 Å². The van der Waals surface area contributed by atoms with E-state index in [0.29, 0.717) is 5.75 Å². The van der Waals surface area contributed by atoms with E-state index >= 15 is 0 Å². The van der Waals surface area contributed by atoms with Gasteiger partial charge in [0.2, 0.25) is 0 Å². The summed E-state index contributed by atoms with van der Waals surface area (Å²) in [5, 5.41) is 8.11. The van der Waals surface area contributed by atoms with Crippen molar-refractivity contribution >= 4 is 28.6 Å². The summed E-state index contributed by atoms with van der Waals surface area (Å²) in [6.45, 7) is 10.6. The molecule has 3 aromatic carbocycles. The highest BCUT2D eigenvalue weighted by molar-refractivity contribution is 7.99. The van der Waals surface area contributed by atoms with Gasteiger partial charge in [0.1, 0.15) is 17.1 Å². The minimum atomic E-state index is -4.77. The van der Waals surface area contributed by atoms with Crippen molar-refractivity contribution in [3.05, 3.63) is 83.6 Å². The van der Waals surface area contributed by atoms with E-state index in [9.17, 15) is 18.0 Å². The number of carbonyl (C=O) groups is 1. The van der Waals surface area contributed by atoms with Gasteiger partial charge in [-0.1, -0.05) is 30.3 Å². The number of hydrogen-bond acceptors (Lipinski definition) is 6. The minimum absolute atomic E-state index is 0.292. The number of aromatic amines is 1. The predicted molar refractivity (Wildman–Crippen MR) is 149 cm³/mol. The number of aromatic nitrogens is 2. The zero-order valence-corrected chi connectivity index (χ0v) is 23.9. The number of benzene rings is 3. The molecule has 4 rings (SSSR count). The normalized spacial score (nSPS) is 13.2. The van der Waals surface area contributed by atoms with E-state index in [1.165, 1.54) is 23.9 Å². The maximum Gasteiger partial charge on any atom is 0.573 e. The molecule has 4 aromatic rings. The Morgan fingerprint density at radius 3 is 2.23 bits per heavy atom. The Bertz CT molecular complexity index is 1490. The molecule has 0 aliphatic heterocycles. The van der Waals surface area contributed by atoms with E-state index < -0.39 is 23.5 Å². The quantitative estimate of drug-likeness (QED) is 0.170. The van der Waals surface area contributed by atoms with Crippen LogP contribution in [0.2, 0.25) is 0 Å². The van der Waals surface area contributed by atoms with Crippen LogP contribution >= 0.6 is 11.8 Å². The van der Waals surface area contributed by atoms with Crippen molar-refractivity contribution in [1.29, 1.82) is 0 Å². The highest BCUT2D eigenvalue weighted by Gasteiger charge is 2.35. The number of para-hydroxylation sites is 1. The number of hydrogen-bond donors (Lipinski definition) is 1. The van der Waals surface area contributed by atoms with Crippen molar-refractivity contribution in [1.82, 2.24) is 10.2 Å². The molecule has 10 heteroatoms. The van der Waals surface area contributed by atoms with Crippen molar-refractivity contribution < 1.29 is 32.2 Å². The van der Waals surface area contributed by atoms with E-state index in [2.05, 4.69) is 14.9 Å². The minimum Gasteiger partial charge on any atom is -0.476 e. The molecule has 1 atom stereocenters. The van der Waals surface area contributed by atoms with Gasteiger partial charge in [-0.25, -0.2) is 4.79 Å². The first kappa shape index (κ1) is 29.3. The lowest BCUT2D eigenvalue weighted by Gasteiger charge is -2.29. The molecule has 212 valence electrons. The van der Waals surface area contributed by atoms with E-state index in [4.69, 9.17) is 9.47 Å². The van der Waals surface area contributed by atoms with Gasteiger partial charge in [0.25, 0.3) is 0 Å². The summed E-state index contributed by atoms with van der Waals surface area (Å²) in [6, 6.07) is 19.1. The van der Waals surface area contributed by atoms with Gasteiger partial charge < -0.3 is 14.2 Å². The molecule has 0 amide bonds. The zero-order valence-electron chi connectivity index (χ0n) is 23.1. The van der Waals surface area contributed by atoms with Crippen LogP contribution in [-0.4, -0.2) is 33.7 Å². The smallest absolute Gasteiger partial charge is 0.476 e. The molecule has 1 aromatic heterocycles. The van der Waals surface area contributed by atoms with Gasteiger partial charge in [0, 0.05) is 10.3 Å². The SMILES string of the molecule is Cc1cc(SC(c2ccc(OC(F)(F)F)cc2)c2[nH]nc3ccccc23)ccc1OC(C)(C)C(=O)OC(C)(C)C. The van der Waals surface area contributed by atoms with E-state index in [1.54, 1.807) is 52.8 Å². The van der Waals surface area contributed by atoms with Gasteiger partial charge in [0.05, 0.1) is 16.5 Å². The first-order chi connectivity index (χ1) is 18.6. The van der Waals surface area contributed by atoms with Crippen molar-refractivity contribution in [2.24, 2.45) is 0 Å². The molecule has 0 saturated carbocycles. The van der Waals surface area contributed by atoms with E-state index in [0.717, 1.165) is 32.6 Å². The fraction of sp³-hybridized carbons (Fsp3) is 0.333. The molecule has 0 bridgehead atoms. The van der Waals surface area contributed by atoms with Crippen LogP contribution in [0.4, 0.5) is 13.2 Å². The molecule has 1 N–H and O–H groups in total. The predicted octanol–water partition coefficient (Wildman–Crippen LogP) is 8.15. The second kappa shape index (κ2) is 11.1. The molecule has 0 saturated heterocycles. The Balaban J connectivity index is 1.63. The summed E-state index contributed by atoms with van der Waals surface area (Å²) in [7, 11) is 0. The topological polar surface area (TPSA) is 73.4 Å². The van der Waals surface area contributed by atoms with Crippen LogP contribution < -0.4 is 9.47 Å². The highest BCUT2D eigenvalue weighted by Crippen LogP contribution is 2.43. The zero-order chi connectivity index (χ0) is 29.3. The maximum atomic E-state index is 12.7. The lowest BCUT2D eigenvalue weighted by Crippen LogP contribution is -2.43. The largest absolute Gasteiger partial charge is 0.573 e. The number of ether oxygens (including phenoxy) is 3. The van der Waals surface area contributed by atoms with Gasteiger partial charge in [-0.05, 0) is 89.1 Å². The third kappa shape index (κ3) is 7.29. The number of H-pyrrole nitrogens is 1. The van der Waals surface area contributed by atoms with Crippen LogP contribution in [0.3, 0.4) is 0 Å². The summed E-state index contributed by atoms with van der Waals surface area (Å²) >= 11 is 1.51. The van der Waals surface area contributed by atoms with E-state index in [-0.39, 0.29) is 11.0 Å². The molecular weight excluding hydrogens is 541 g/mol. The Labute approximate surface area is 235 Å². The summed E-state index contributed by atoms with van der Waals surface area (Å²) < 4.78 is 53.7. The van der Waals surface area contributed by atoms with Crippen molar-refractivity contribution in [3.8, 4) is 11.5 Å². The number of nitrogens with one attached hydrogen (secondary N) is 1. The third-order valence-corrected chi connectivity index (χ3v) is 7.10. The molecule has 40 heavy (non-hydrogen) atoms. The standard InChI is InChI=1S/C30H31F3N2O4S/c1-18-17-21(15-16-24(18)38-29(5,6)27(36)39-28(2,3)4)40-26(25-22-9-7-8-10-23(22)34-35-25)19-11-13-20(14-12-19)37-30(31,32)33/h7-17,26H,1-6H3,(H,34,35). The summed E-state index contributed by atoms with van der Waals surface area (Å²) in [6.07, 6.45) is -4.77. The third-order valence-electron chi connectivity index (χ3n) is 5.83. The maximum absolute atomic E-state index is 12.7. The second-order valence-corrected chi connectivity index (χ2v) is 12.0. The number of carbonyl (C=O) groups excluding carboxylic acids is 1. The molecule has 0 aliphatic carbocycles. The fourth-order valence-corrected chi connectivity index (χ4v) is 5.24. The van der Waals surface area contributed by atoms with Crippen molar-refractivity contribution in [2.45, 2.75) is 69.3 Å². The number of thioether (sulfide) groups is 1. The fourth-order valence-electron chi connectivity index (χ4n) is 3.98. The summed E-state index contributed by atoms with van der Waals surface area (Å²) in [5.41, 5.74) is 1.32. The average Bonchev–Trinajstić information content (AvgIpc) is 3.27. The Morgan fingerprint density at radius 1 is 0.925 bits per heavy atom. The van der Waals surface area contributed by atoms with Crippen LogP contribution in [0.1, 0.15) is 56.7 Å². The van der Waals surface area contributed by atoms with Gasteiger partial charge in [-0.15, -0.1) is 24.9 Å². The number of nitrogens with zero attached hydrogens (tertiary/aromatic N) is 1. The van der Waals surface area contributed by atoms with Crippen LogP contribution in [-0.2, 0) is 9.53 Å². The molecule has 0 spiro atoms. The second-order valence-electron chi connectivity index (χ2n) is 10.8. The molecule has 0 fully saturated rings. The number of esters is 1. The molecular formula is C30H31F3N2O4S. The van der Waals surface area contributed by atoms with Crippen LogP contribution in [0, 0.1) is 6.92 Å². The molecule has 6 nitrogen and oxygen atoms in total. The van der Waals surface area contributed by atoms with Gasteiger partial charge >= 0.3 is 12.3 Å². The van der Waals surface area contributed by atoms with Gasteiger partial charge in [0.15, 0.2) is 5.60 Å². The number of halogens is 3. The molecule has 0 radical (unpaired) electrons. The monoisotopic (exact) mass is 572 g/mol. The first-order valence-corrected chi connectivity index (χ1v) is 13.5. The molecule has 0 aliphatic rings. The Hall–Kier alpha value is -3.66. The first-order valence-electron chi connectivity index (χ1n) is 12.6. The number of rotatable bonds is 8. The summed E-state index contributed by atoms with van der Waals surface area (Å²) in [4.78, 5) is 13.6. The van der Waals surface area contributed by atoms with Crippen LogP contribution in [0.5, 0.6) is 11.5 Å². The number of fused-ring (bicyclic) bond motifs is 1. The lowest BCUT2D eigenvalue weighted by atomic mass is 10.1. The summed E-state index contributed by atoms with van der Waals surface area (Å²) in [5.74, 6) is -0.223. The van der Waals surface area contributed by atoms with Crippen LogP contribution in [0.15, 0.2) is 71.6 Å². The molecule has 1 unspecified atom stereocenters. The van der Waals surface area contributed by atoms with Gasteiger partial charge in [-0.3, -0.25) is 5.10 Å². The molecule has 1 heterocycles. The van der Waals surface area contributed by atoms with Crippen molar-refractivity contribution in [3.63, 3.8) is 0 Å². The Kier molecular flexibility index (Phi) is 8.12.